The number of rotatable bonds is 7. The first-order chi connectivity index (χ1) is 17.4. The van der Waals surface area contributed by atoms with Crippen LogP contribution in [0.5, 0.6) is 23.0 Å². The van der Waals surface area contributed by atoms with E-state index in [-0.39, 0.29) is 5.41 Å². The molecule has 2 aromatic carbocycles. The summed E-state index contributed by atoms with van der Waals surface area (Å²) in [7, 11) is 6.90. The molecule has 0 aromatic heterocycles. The third-order valence-corrected chi connectivity index (χ3v) is 9.30. The van der Waals surface area contributed by atoms with Crippen molar-refractivity contribution in [1.82, 2.24) is 10.2 Å². The molecule has 5 rings (SSSR count). The zero-order chi connectivity index (χ0) is 25.4. The predicted octanol–water partition coefficient (Wildman–Crippen LogP) is 5.33. The number of hydrogen-bond acceptors (Lipinski definition) is 6. The average molecular weight is 495 g/mol. The van der Waals surface area contributed by atoms with E-state index in [2.05, 4.69) is 48.3 Å². The van der Waals surface area contributed by atoms with E-state index in [1.54, 1.807) is 28.4 Å². The number of benzene rings is 2. The molecule has 6 heteroatoms. The molecule has 1 saturated heterocycles. The monoisotopic (exact) mass is 494 g/mol. The maximum Gasteiger partial charge on any atom is 0.161 e. The van der Waals surface area contributed by atoms with Crippen molar-refractivity contribution in [3.8, 4) is 23.0 Å². The van der Waals surface area contributed by atoms with Crippen LogP contribution in [-0.2, 0) is 12.8 Å². The molecule has 1 N–H and O–H groups in total. The lowest BCUT2D eigenvalue weighted by Gasteiger charge is -2.53. The normalized spacial score (nSPS) is 27.4. The van der Waals surface area contributed by atoms with Crippen LogP contribution >= 0.6 is 0 Å². The van der Waals surface area contributed by atoms with Crippen LogP contribution in [0.25, 0.3) is 0 Å². The second-order valence-corrected chi connectivity index (χ2v) is 11.0. The van der Waals surface area contributed by atoms with Gasteiger partial charge in [-0.25, -0.2) is 0 Å². The minimum absolute atomic E-state index is 0.278. The lowest BCUT2D eigenvalue weighted by atomic mass is 9.64. The Morgan fingerprint density at radius 3 is 2.06 bits per heavy atom. The van der Waals surface area contributed by atoms with E-state index < -0.39 is 0 Å². The van der Waals surface area contributed by atoms with Crippen molar-refractivity contribution >= 4 is 0 Å². The van der Waals surface area contributed by atoms with Crippen molar-refractivity contribution in [3.05, 3.63) is 46.5 Å². The van der Waals surface area contributed by atoms with Gasteiger partial charge in [0.15, 0.2) is 23.0 Å². The molecule has 6 nitrogen and oxygen atoms in total. The first-order valence-corrected chi connectivity index (χ1v) is 13.4. The summed E-state index contributed by atoms with van der Waals surface area (Å²) in [4.78, 5) is 2.73. The van der Waals surface area contributed by atoms with E-state index in [1.165, 1.54) is 28.7 Å². The molecule has 0 bridgehead atoms. The van der Waals surface area contributed by atoms with Crippen molar-refractivity contribution in [1.29, 1.82) is 0 Å². The number of ether oxygens (including phenoxy) is 4. The van der Waals surface area contributed by atoms with Gasteiger partial charge >= 0.3 is 0 Å². The highest BCUT2D eigenvalue weighted by molar-refractivity contribution is 5.51. The number of piperidine rings is 1. The van der Waals surface area contributed by atoms with E-state index in [9.17, 15) is 0 Å². The van der Waals surface area contributed by atoms with Gasteiger partial charge in [-0.05, 0) is 96.5 Å². The fourth-order valence-corrected chi connectivity index (χ4v) is 6.94. The van der Waals surface area contributed by atoms with Crippen LogP contribution < -0.4 is 24.3 Å². The molecule has 3 aliphatic rings. The van der Waals surface area contributed by atoms with Gasteiger partial charge in [-0.15, -0.1) is 0 Å². The third-order valence-electron chi connectivity index (χ3n) is 9.30. The van der Waals surface area contributed by atoms with Crippen LogP contribution in [0, 0.1) is 11.3 Å². The standard InChI is InChI=1S/C30H42N2O4/c1-7-30(2)18-32-11-9-20-13-27(34-4)29(36-6)17-23(20)25(32)15-21(30)14-24-22-16-28(35-5)26(33-3)12-19(22)8-10-31-24/h12-13,16-17,21,24-25,31H,7-11,14-15,18H2,1-6H3/t21-,24+,25?,30-/m0/s1. The fraction of sp³-hybridized carbons (Fsp3) is 0.600. The molecule has 36 heavy (non-hydrogen) atoms. The van der Waals surface area contributed by atoms with E-state index in [4.69, 9.17) is 18.9 Å². The molecule has 3 aliphatic heterocycles. The SMILES string of the molecule is CC[C@@]1(C)CN2CCc3cc(OC)c(OC)cc3C2C[C@@H]1C[C@H]1NCCc2cc(OC)c(OC)cc21. The van der Waals surface area contributed by atoms with Gasteiger partial charge in [-0.3, -0.25) is 4.90 Å². The van der Waals surface area contributed by atoms with Gasteiger partial charge < -0.3 is 24.3 Å². The Kier molecular flexibility index (Phi) is 7.10. The molecule has 4 atom stereocenters. The molecular formula is C30H42N2O4. The van der Waals surface area contributed by atoms with Crippen LogP contribution in [-0.4, -0.2) is 53.0 Å². The Morgan fingerprint density at radius 2 is 1.44 bits per heavy atom. The first-order valence-electron chi connectivity index (χ1n) is 13.4. The minimum Gasteiger partial charge on any atom is -0.493 e. The number of methoxy groups -OCH3 is 4. The van der Waals surface area contributed by atoms with Gasteiger partial charge in [-0.2, -0.15) is 0 Å². The molecule has 1 unspecified atom stereocenters. The van der Waals surface area contributed by atoms with Crippen LogP contribution in [0.4, 0.5) is 0 Å². The van der Waals surface area contributed by atoms with E-state index in [0.29, 0.717) is 18.0 Å². The van der Waals surface area contributed by atoms with Crippen molar-refractivity contribution in [2.24, 2.45) is 11.3 Å². The summed E-state index contributed by atoms with van der Waals surface area (Å²) < 4.78 is 22.6. The maximum absolute atomic E-state index is 5.70. The topological polar surface area (TPSA) is 52.2 Å². The van der Waals surface area contributed by atoms with Crippen molar-refractivity contribution in [3.63, 3.8) is 0 Å². The van der Waals surface area contributed by atoms with E-state index in [1.807, 2.05) is 0 Å². The van der Waals surface area contributed by atoms with Gasteiger partial charge in [0.2, 0.25) is 0 Å². The van der Waals surface area contributed by atoms with Gasteiger partial charge in [0.1, 0.15) is 0 Å². The fourth-order valence-electron chi connectivity index (χ4n) is 6.94. The predicted molar refractivity (Wildman–Crippen MR) is 143 cm³/mol. The molecule has 0 spiro atoms. The van der Waals surface area contributed by atoms with E-state index in [0.717, 1.165) is 68.3 Å². The van der Waals surface area contributed by atoms with Crippen molar-refractivity contribution in [2.45, 2.75) is 58.0 Å². The Hall–Kier alpha value is -2.44. The third kappa shape index (κ3) is 4.32. The van der Waals surface area contributed by atoms with Gasteiger partial charge in [0.25, 0.3) is 0 Å². The van der Waals surface area contributed by atoms with Crippen LogP contribution in [0.2, 0.25) is 0 Å². The smallest absolute Gasteiger partial charge is 0.161 e. The van der Waals surface area contributed by atoms with E-state index >= 15 is 0 Å². The lowest BCUT2D eigenvalue weighted by molar-refractivity contribution is -0.0169. The molecule has 2 aromatic rings. The highest BCUT2D eigenvalue weighted by Gasteiger charge is 2.46. The highest BCUT2D eigenvalue weighted by Crippen LogP contribution is 2.52. The summed E-state index contributed by atoms with van der Waals surface area (Å²) in [6.07, 6.45) is 5.56. The second-order valence-electron chi connectivity index (χ2n) is 11.0. The molecular weight excluding hydrogens is 452 g/mol. The largest absolute Gasteiger partial charge is 0.493 e. The first kappa shape index (κ1) is 25.2. The molecule has 196 valence electrons. The Morgan fingerprint density at radius 1 is 0.861 bits per heavy atom. The zero-order valence-electron chi connectivity index (χ0n) is 22.8. The molecule has 0 radical (unpaired) electrons. The number of nitrogens with one attached hydrogen (secondary N) is 1. The summed E-state index contributed by atoms with van der Waals surface area (Å²) in [5.41, 5.74) is 5.86. The summed E-state index contributed by atoms with van der Waals surface area (Å²) in [5, 5.41) is 3.85. The zero-order valence-corrected chi connectivity index (χ0v) is 22.8. The van der Waals surface area contributed by atoms with Crippen molar-refractivity contribution < 1.29 is 18.9 Å². The quantitative estimate of drug-likeness (QED) is 0.561. The number of hydrogen-bond donors (Lipinski definition) is 1. The summed E-state index contributed by atoms with van der Waals surface area (Å²) in [6.45, 7) is 8.12. The molecule has 0 saturated carbocycles. The average Bonchev–Trinajstić information content (AvgIpc) is 2.91. The highest BCUT2D eigenvalue weighted by atomic mass is 16.5. The van der Waals surface area contributed by atoms with Crippen LogP contribution in [0.15, 0.2) is 24.3 Å². The summed E-state index contributed by atoms with van der Waals surface area (Å²) in [5.74, 6) is 3.91. The Labute approximate surface area is 216 Å². The van der Waals surface area contributed by atoms with Gasteiger partial charge in [0, 0.05) is 25.2 Å². The molecule has 0 aliphatic carbocycles. The minimum atomic E-state index is 0.278. The van der Waals surface area contributed by atoms with Crippen LogP contribution in [0.3, 0.4) is 0 Å². The number of fused-ring (bicyclic) bond motifs is 4. The molecule has 0 amide bonds. The summed E-state index contributed by atoms with van der Waals surface area (Å²) in [6, 6.07) is 9.57. The van der Waals surface area contributed by atoms with Crippen LogP contribution in [0.1, 0.15) is 67.4 Å². The number of nitrogens with zero attached hydrogens (tertiary/aromatic N) is 1. The summed E-state index contributed by atoms with van der Waals surface area (Å²) >= 11 is 0. The van der Waals surface area contributed by atoms with Crippen molar-refractivity contribution in [2.75, 3.05) is 48.1 Å². The Balaban J connectivity index is 1.47. The Bertz CT molecular complexity index is 1100. The van der Waals surface area contributed by atoms with Gasteiger partial charge in [-0.1, -0.05) is 13.8 Å². The second kappa shape index (κ2) is 10.1. The van der Waals surface area contributed by atoms with Gasteiger partial charge in [0.05, 0.1) is 28.4 Å². The molecule has 1 fully saturated rings. The molecule has 3 heterocycles. The maximum atomic E-state index is 5.70. The lowest BCUT2D eigenvalue weighted by Crippen LogP contribution is -2.51.